The summed E-state index contributed by atoms with van der Waals surface area (Å²) in [6.07, 6.45) is 10.2. The highest BCUT2D eigenvalue weighted by molar-refractivity contribution is 7.13. The molecule has 140 valence electrons. The summed E-state index contributed by atoms with van der Waals surface area (Å²) in [6.45, 7) is 7.91. The molecule has 2 aliphatic heterocycles. The molecule has 0 radical (unpaired) electrons. The average Bonchev–Trinajstić information content (AvgIpc) is 3.43. The highest BCUT2D eigenvalue weighted by atomic mass is 32.1. The van der Waals surface area contributed by atoms with Gasteiger partial charge in [-0.25, -0.2) is 9.97 Å². The molecule has 0 spiro atoms. The number of aromatic nitrogens is 3. The van der Waals surface area contributed by atoms with E-state index in [-0.39, 0.29) is 5.91 Å². The van der Waals surface area contributed by atoms with Crippen LogP contribution in [-0.4, -0.2) is 56.4 Å². The number of piperidine rings is 1. The van der Waals surface area contributed by atoms with E-state index in [1.165, 1.54) is 18.7 Å². The molecule has 4 heterocycles. The van der Waals surface area contributed by atoms with Gasteiger partial charge in [-0.15, -0.1) is 11.3 Å². The summed E-state index contributed by atoms with van der Waals surface area (Å²) in [7, 11) is 0. The summed E-state index contributed by atoms with van der Waals surface area (Å²) in [5, 5.41) is 1.06. The molecule has 0 aliphatic carbocycles. The van der Waals surface area contributed by atoms with Crippen molar-refractivity contribution in [2.24, 2.45) is 0 Å². The van der Waals surface area contributed by atoms with Gasteiger partial charge in [0.25, 0.3) is 5.91 Å². The van der Waals surface area contributed by atoms with E-state index in [0.717, 1.165) is 62.0 Å². The highest BCUT2D eigenvalue weighted by Gasteiger charge is 2.27. The second kappa shape index (κ2) is 7.88. The van der Waals surface area contributed by atoms with E-state index in [0.29, 0.717) is 5.92 Å². The van der Waals surface area contributed by atoms with Gasteiger partial charge in [-0.2, -0.15) is 0 Å². The van der Waals surface area contributed by atoms with Gasteiger partial charge < -0.3 is 9.47 Å². The quantitative estimate of drug-likeness (QED) is 0.809. The highest BCUT2D eigenvalue weighted by Crippen LogP contribution is 2.28. The summed E-state index contributed by atoms with van der Waals surface area (Å²) >= 11 is 1.57. The third kappa shape index (κ3) is 3.69. The normalized spacial score (nSPS) is 19.3. The molecule has 0 saturated carbocycles. The van der Waals surface area contributed by atoms with Crippen LogP contribution in [0.3, 0.4) is 0 Å². The zero-order valence-electron chi connectivity index (χ0n) is 15.4. The van der Waals surface area contributed by atoms with Gasteiger partial charge in [-0.05, 0) is 45.7 Å². The number of thiazole rings is 1. The van der Waals surface area contributed by atoms with Crippen LogP contribution in [0.25, 0.3) is 0 Å². The van der Waals surface area contributed by atoms with E-state index in [2.05, 4.69) is 26.4 Å². The Morgan fingerprint density at radius 3 is 2.69 bits per heavy atom. The second-order valence-electron chi connectivity index (χ2n) is 7.24. The molecule has 0 unspecified atom stereocenters. The third-order valence-corrected chi connectivity index (χ3v) is 6.53. The lowest BCUT2D eigenvalue weighted by Crippen LogP contribution is -2.38. The molecule has 0 bridgehead atoms. The zero-order valence-corrected chi connectivity index (χ0v) is 16.2. The van der Waals surface area contributed by atoms with E-state index in [4.69, 9.17) is 0 Å². The Bertz CT molecular complexity index is 741. The van der Waals surface area contributed by atoms with Crippen molar-refractivity contribution >= 4 is 17.2 Å². The zero-order chi connectivity index (χ0) is 17.9. The molecule has 4 rings (SSSR count). The first kappa shape index (κ1) is 17.7. The van der Waals surface area contributed by atoms with Crippen LogP contribution in [0.2, 0.25) is 0 Å². The molecule has 6 nitrogen and oxygen atoms in total. The van der Waals surface area contributed by atoms with Crippen molar-refractivity contribution < 1.29 is 4.79 Å². The topological polar surface area (TPSA) is 54.3 Å². The van der Waals surface area contributed by atoms with Crippen LogP contribution in [0, 0.1) is 0 Å². The van der Waals surface area contributed by atoms with Crippen LogP contribution >= 0.6 is 11.3 Å². The summed E-state index contributed by atoms with van der Waals surface area (Å²) < 4.78 is 2.22. The number of hydrogen-bond donors (Lipinski definition) is 0. The molecule has 0 aromatic carbocycles. The van der Waals surface area contributed by atoms with Crippen LogP contribution in [0.1, 0.15) is 59.0 Å². The first-order valence-electron chi connectivity index (χ1n) is 9.72. The van der Waals surface area contributed by atoms with Crippen LogP contribution in [0.15, 0.2) is 18.6 Å². The lowest BCUT2D eigenvalue weighted by atomic mass is 9.95. The van der Waals surface area contributed by atoms with Crippen molar-refractivity contribution in [1.29, 1.82) is 0 Å². The fraction of sp³-hybridized carbons (Fsp3) is 0.632. The number of likely N-dealkylation sites (tertiary alicyclic amines) is 2. The lowest BCUT2D eigenvalue weighted by Gasteiger charge is -2.31. The fourth-order valence-corrected chi connectivity index (χ4v) is 4.99. The predicted octanol–water partition coefficient (Wildman–Crippen LogP) is 2.98. The summed E-state index contributed by atoms with van der Waals surface area (Å²) in [5.74, 6) is 1.78. The molecule has 26 heavy (non-hydrogen) atoms. The van der Waals surface area contributed by atoms with E-state index in [9.17, 15) is 4.79 Å². The summed E-state index contributed by atoms with van der Waals surface area (Å²) in [4.78, 5) is 27.1. The first-order chi connectivity index (χ1) is 12.7. The Morgan fingerprint density at radius 2 is 1.96 bits per heavy atom. The fourth-order valence-electron chi connectivity index (χ4n) is 4.06. The largest absolute Gasteiger partial charge is 0.338 e. The number of carbonyl (C=O) groups is 1. The van der Waals surface area contributed by atoms with Crippen molar-refractivity contribution in [3.63, 3.8) is 0 Å². The molecule has 2 saturated heterocycles. The Labute approximate surface area is 158 Å². The molecule has 2 aromatic rings. The van der Waals surface area contributed by atoms with Crippen molar-refractivity contribution in [3.05, 3.63) is 34.3 Å². The number of aryl methyl sites for hydroxylation is 1. The van der Waals surface area contributed by atoms with Gasteiger partial charge >= 0.3 is 0 Å². The number of rotatable bonds is 5. The molecular weight excluding hydrogens is 346 g/mol. The van der Waals surface area contributed by atoms with Crippen molar-refractivity contribution in [2.75, 3.05) is 26.2 Å². The minimum atomic E-state index is 0.146. The molecule has 7 heteroatoms. The van der Waals surface area contributed by atoms with Crippen LogP contribution in [0.5, 0.6) is 0 Å². The van der Waals surface area contributed by atoms with E-state index in [1.54, 1.807) is 17.5 Å². The minimum Gasteiger partial charge on any atom is -0.338 e. The van der Waals surface area contributed by atoms with Gasteiger partial charge in [0.05, 0.1) is 12.7 Å². The van der Waals surface area contributed by atoms with Crippen molar-refractivity contribution in [3.8, 4) is 0 Å². The average molecular weight is 374 g/mol. The maximum absolute atomic E-state index is 12.8. The van der Waals surface area contributed by atoms with Crippen LogP contribution in [0.4, 0.5) is 0 Å². The van der Waals surface area contributed by atoms with Crippen molar-refractivity contribution in [2.45, 2.75) is 51.6 Å². The van der Waals surface area contributed by atoms with Gasteiger partial charge in [0.1, 0.15) is 15.7 Å². The van der Waals surface area contributed by atoms with Crippen LogP contribution < -0.4 is 0 Å². The minimum absolute atomic E-state index is 0.146. The standard InChI is InChI=1S/C19H27N5OS/c1-2-23-12-7-20-18(23)15-5-10-24(11-6-15)19(25)16-13-21-17(26-16)14-22-8-3-4-9-22/h7,12-13,15H,2-6,8-11,14H2,1H3. The maximum Gasteiger partial charge on any atom is 0.265 e. The Balaban J connectivity index is 1.34. The molecule has 2 aliphatic rings. The molecule has 2 fully saturated rings. The van der Waals surface area contributed by atoms with Crippen LogP contribution in [-0.2, 0) is 13.1 Å². The lowest BCUT2D eigenvalue weighted by molar-refractivity contribution is 0.0715. The molecule has 2 aromatic heterocycles. The van der Waals surface area contributed by atoms with E-state index in [1.807, 2.05) is 17.3 Å². The van der Waals surface area contributed by atoms with Gasteiger partial charge in [0, 0.05) is 37.9 Å². The molecule has 0 N–H and O–H groups in total. The Morgan fingerprint density at radius 1 is 1.19 bits per heavy atom. The van der Waals surface area contributed by atoms with Crippen molar-refractivity contribution in [1.82, 2.24) is 24.3 Å². The van der Waals surface area contributed by atoms with Gasteiger partial charge in [-0.1, -0.05) is 0 Å². The predicted molar refractivity (Wildman–Crippen MR) is 102 cm³/mol. The third-order valence-electron chi connectivity index (χ3n) is 5.56. The number of nitrogens with zero attached hydrogens (tertiary/aromatic N) is 5. The Hall–Kier alpha value is -1.73. The second-order valence-corrected chi connectivity index (χ2v) is 8.35. The monoisotopic (exact) mass is 373 g/mol. The van der Waals surface area contributed by atoms with Gasteiger partial charge in [0.15, 0.2) is 0 Å². The number of imidazole rings is 1. The number of amides is 1. The number of hydrogen-bond acceptors (Lipinski definition) is 5. The SMILES string of the molecule is CCn1ccnc1C1CCN(C(=O)c2cnc(CN3CCCC3)s2)CC1. The van der Waals surface area contributed by atoms with E-state index >= 15 is 0 Å². The summed E-state index contributed by atoms with van der Waals surface area (Å²) in [5.41, 5.74) is 0. The van der Waals surface area contributed by atoms with Gasteiger partial charge in [0.2, 0.25) is 0 Å². The molecule has 0 atom stereocenters. The first-order valence-corrected chi connectivity index (χ1v) is 10.5. The molecule has 1 amide bonds. The smallest absolute Gasteiger partial charge is 0.265 e. The van der Waals surface area contributed by atoms with Gasteiger partial charge in [-0.3, -0.25) is 9.69 Å². The van der Waals surface area contributed by atoms with E-state index < -0.39 is 0 Å². The Kier molecular flexibility index (Phi) is 5.36. The maximum atomic E-state index is 12.8. The number of carbonyl (C=O) groups excluding carboxylic acids is 1. The summed E-state index contributed by atoms with van der Waals surface area (Å²) in [6, 6.07) is 0. The molecular formula is C19H27N5OS.